The average molecular weight is 203 g/mol. The zero-order valence-corrected chi connectivity index (χ0v) is 9.70. The van der Waals surface area contributed by atoms with E-state index in [2.05, 4.69) is 49.4 Å². The molecule has 15 heavy (non-hydrogen) atoms. The molecule has 0 aliphatic heterocycles. The maximum absolute atomic E-state index is 4.22. The lowest BCUT2D eigenvalue weighted by Gasteiger charge is -2.22. The van der Waals surface area contributed by atoms with Crippen LogP contribution in [0.1, 0.15) is 20.8 Å². The quantitative estimate of drug-likeness (QED) is 0.772. The third-order valence-corrected chi connectivity index (χ3v) is 2.27. The second kappa shape index (κ2) is 3.26. The molecule has 1 aromatic heterocycles. The van der Waals surface area contributed by atoms with Crippen LogP contribution in [0.25, 0.3) is 10.9 Å². The number of anilines is 1. The molecule has 1 aromatic carbocycles. The topological polar surface area (TPSA) is 29.9 Å². The summed E-state index contributed by atoms with van der Waals surface area (Å²) in [6, 6.07) is 6.32. The van der Waals surface area contributed by atoms with Crippen molar-refractivity contribution in [1.29, 1.82) is 0 Å². The number of benzene rings is 1. The van der Waals surface area contributed by atoms with E-state index in [1.165, 1.54) is 5.39 Å². The molecule has 3 heteroatoms. The standard InChI is InChI=1S/C12H17N3/c1-12(2,3)14-10-6-5-9-8-13-15(4)11(9)7-10/h5-8,14H,1-4H3. The van der Waals surface area contributed by atoms with Crippen LogP contribution >= 0.6 is 0 Å². The van der Waals surface area contributed by atoms with E-state index < -0.39 is 0 Å². The summed E-state index contributed by atoms with van der Waals surface area (Å²) in [5.41, 5.74) is 2.38. The molecule has 0 amide bonds. The lowest BCUT2D eigenvalue weighted by molar-refractivity contribution is 0.634. The molecule has 80 valence electrons. The molecule has 0 fully saturated rings. The molecular formula is C12H17N3. The van der Waals surface area contributed by atoms with Crippen LogP contribution in [0.3, 0.4) is 0 Å². The number of aryl methyl sites for hydroxylation is 1. The van der Waals surface area contributed by atoms with E-state index in [4.69, 9.17) is 0 Å². The number of hydrogen-bond donors (Lipinski definition) is 1. The first-order valence-corrected chi connectivity index (χ1v) is 5.16. The van der Waals surface area contributed by atoms with Gasteiger partial charge in [-0.05, 0) is 39.0 Å². The fourth-order valence-corrected chi connectivity index (χ4v) is 1.65. The molecule has 0 saturated carbocycles. The lowest BCUT2D eigenvalue weighted by atomic mass is 10.1. The molecule has 0 radical (unpaired) electrons. The van der Waals surface area contributed by atoms with E-state index in [0.29, 0.717) is 0 Å². The number of aromatic nitrogens is 2. The van der Waals surface area contributed by atoms with Crippen LogP contribution in [-0.2, 0) is 7.05 Å². The predicted molar refractivity (Wildman–Crippen MR) is 64.1 cm³/mol. The minimum absolute atomic E-state index is 0.0896. The highest BCUT2D eigenvalue weighted by Crippen LogP contribution is 2.20. The molecular weight excluding hydrogens is 186 g/mol. The van der Waals surface area contributed by atoms with Gasteiger partial charge in [-0.2, -0.15) is 5.10 Å². The summed E-state index contributed by atoms with van der Waals surface area (Å²) in [6.45, 7) is 6.46. The summed E-state index contributed by atoms with van der Waals surface area (Å²) in [5.74, 6) is 0. The summed E-state index contributed by atoms with van der Waals surface area (Å²) in [5, 5.41) is 8.85. The van der Waals surface area contributed by atoms with Crippen molar-refractivity contribution < 1.29 is 0 Å². The van der Waals surface area contributed by atoms with Crippen molar-refractivity contribution in [3.05, 3.63) is 24.4 Å². The van der Waals surface area contributed by atoms with Crippen molar-refractivity contribution in [2.45, 2.75) is 26.3 Å². The van der Waals surface area contributed by atoms with Crippen LogP contribution in [0.4, 0.5) is 5.69 Å². The number of rotatable bonds is 1. The zero-order chi connectivity index (χ0) is 11.1. The fourth-order valence-electron chi connectivity index (χ4n) is 1.65. The fraction of sp³-hybridized carbons (Fsp3) is 0.417. The van der Waals surface area contributed by atoms with Gasteiger partial charge in [0.1, 0.15) is 0 Å². The molecule has 0 atom stereocenters. The largest absolute Gasteiger partial charge is 0.380 e. The van der Waals surface area contributed by atoms with E-state index >= 15 is 0 Å². The molecule has 0 bridgehead atoms. The maximum atomic E-state index is 4.22. The molecule has 0 unspecified atom stereocenters. The van der Waals surface area contributed by atoms with Gasteiger partial charge in [-0.1, -0.05) is 0 Å². The summed E-state index contributed by atoms with van der Waals surface area (Å²) < 4.78 is 1.89. The molecule has 0 spiro atoms. The first-order valence-electron chi connectivity index (χ1n) is 5.16. The Morgan fingerprint density at radius 3 is 2.67 bits per heavy atom. The van der Waals surface area contributed by atoms with Gasteiger partial charge in [0, 0.05) is 23.7 Å². The Kier molecular flexibility index (Phi) is 2.18. The van der Waals surface area contributed by atoms with Gasteiger partial charge >= 0.3 is 0 Å². The van der Waals surface area contributed by atoms with Crippen molar-refractivity contribution in [3.63, 3.8) is 0 Å². The van der Waals surface area contributed by atoms with Gasteiger partial charge in [0.25, 0.3) is 0 Å². The Morgan fingerprint density at radius 2 is 2.00 bits per heavy atom. The number of hydrogen-bond acceptors (Lipinski definition) is 2. The SMILES string of the molecule is Cn1ncc2ccc(NC(C)(C)C)cc21. The molecule has 3 nitrogen and oxygen atoms in total. The van der Waals surface area contributed by atoms with Crippen LogP contribution < -0.4 is 5.32 Å². The van der Waals surface area contributed by atoms with E-state index in [1.54, 1.807) is 0 Å². The van der Waals surface area contributed by atoms with Crippen molar-refractivity contribution in [2.75, 3.05) is 5.32 Å². The smallest absolute Gasteiger partial charge is 0.0699 e. The van der Waals surface area contributed by atoms with Crippen LogP contribution in [0, 0.1) is 0 Å². The Bertz CT molecular complexity index is 477. The average Bonchev–Trinajstić information content (AvgIpc) is 2.45. The highest BCUT2D eigenvalue weighted by molar-refractivity contribution is 5.82. The molecule has 1 heterocycles. The molecule has 2 rings (SSSR count). The van der Waals surface area contributed by atoms with Crippen molar-refractivity contribution >= 4 is 16.6 Å². The van der Waals surface area contributed by atoms with Gasteiger partial charge in [0.05, 0.1) is 11.7 Å². The Labute approximate surface area is 90.1 Å². The Hall–Kier alpha value is -1.51. The highest BCUT2D eigenvalue weighted by atomic mass is 15.2. The normalized spacial score (nSPS) is 12.0. The van der Waals surface area contributed by atoms with Crippen LogP contribution in [0.15, 0.2) is 24.4 Å². The lowest BCUT2D eigenvalue weighted by Crippen LogP contribution is -2.25. The molecule has 2 aromatic rings. The second-order valence-electron chi connectivity index (χ2n) is 4.92. The van der Waals surface area contributed by atoms with Gasteiger partial charge in [0.15, 0.2) is 0 Å². The van der Waals surface area contributed by atoms with Gasteiger partial charge < -0.3 is 5.32 Å². The first-order chi connectivity index (χ1) is 6.96. The molecule has 0 saturated heterocycles. The zero-order valence-electron chi connectivity index (χ0n) is 9.70. The molecule has 0 aliphatic rings. The Balaban J connectivity index is 2.42. The van der Waals surface area contributed by atoms with Crippen LogP contribution in [-0.4, -0.2) is 15.3 Å². The van der Waals surface area contributed by atoms with Gasteiger partial charge in [0.2, 0.25) is 0 Å². The van der Waals surface area contributed by atoms with E-state index in [-0.39, 0.29) is 5.54 Å². The Morgan fingerprint density at radius 1 is 1.27 bits per heavy atom. The van der Waals surface area contributed by atoms with E-state index in [0.717, 1.165) is 11.2 Å². The van der Waals surface area contributed by atoms with Gasteiger partial charge in [-0.3, -0.25) is 4.68 Å². The summed E-state index contributed by atoms with van der Waals surface area (Å²) in [4.78, 5) is 0. The molecule has 1 N–H and O–H groups in total. The monoisotopic (exact) mass is 203 g/mol. The highest BCUT2D eigenvalue weighted by Gasteiger charge is 2.09. The van der Waals surface area contributed by atoms with Crippen LogP contribution in [0.2, 0.25) is 0 Å². The number of nitrogens with zero attached hydrogens (tertiary/aromatic N) is 2. The maximum Gasteiger partial charge on any atom is 0.0699 e. The van der Waals surface area contributed by atoms with Crippen LogP contribution in [0.5, 0.6) is 0 Å². The minimum Gasteiger partial charge on any atom is -0.380 e. The van der Waals surface area contributed by atoms with E-state index in [9.17, 15) is 0 Å². The summed E-state index contributed by atoms with van der Waals surface area (Å²) in [7, 11) is 1.96. The third kappa shape index (κ3) is 2.12. The van der Waals surface area contributed by atoms with Gasteiger partial charge in [-0.25, -0.2) is 0 Å². The minimum atomic E-state index is 0.0896. The number of fused-ring (bicyclic) bond motifs is 1. The van der Waals surface area contributed by atoms with Crippen molar-refractivity contribution in [3.8, 4) is 0 Å². The van der Waals surface area contributed by atoms with Crippen molar-refractivity contribution in [1.82, 2.24) is 9.78 Å². The molecule has 0 aliphatic carbocycles. The van der Waals surface area contributed by atoms with Crippen molar-refractivity contribution in [2.24, 2.45) is 7.05 Å². The predicted octanol–water partition coefficient (Wildman–Crippen LogP) is 2.78. The number of nitrogens with one attached hydrogen (secondary N) is 1. The third-order valence-electron chi connectivity index (χ3n) is 2.27. The second-order valence-corrected chi connectivity index (χ2v) is 4.92. The van der Waals surface area contributed by atoms with E-state index in [1.807, 2.05) is 17.9 Å². The summed E-state index contributed by atoms with van der Waals surface area (Å²) in [6.07, 6.45) is 1.89. The first kappa shape index (κ1) is 10.0. The van der Waals surface area contributed by atoms with Gasteiger partial charge in [-0.15, -0.1) is 0 Å². The summed E-state index contributed by atoms with van der Waals surface area (Å²) >= 11 is 0.